The van der Waals surface area contributed by atoms with Crippen LogP contribution < -0.4 is 10.2 Å². The minimum absolute atomic E-state index is 0. The lowest BCUT2D eigenvalue weighted by Crippen LogP contribution is -2.56. The van der Waals surface area contributed by atoms with Gasteiger partial charge in [-0.15, -0.1) is 5.10 Å². The van der Waals surface area contributed by atoms with Crippen LogP contribution in [0.4, 0.5) is 21.7 Å². The summed E-state index contributed by atoms with van der Waals surface area (Å²) in [6.45, 7) is 7.99. The average Bonchev–Trinajstić information content (AvgIpc) is 3.16. The zero-order valence-electron chi connectivity index (χ0n) is 17.0. The summed E-state index contributed by atoms with van der Waals surface area (Å²) in [5, 5.41) is 7.76. The maximum atomic E-state index is 13.1. The number of nitrogens with one attached hydrogen (secondary N) is 1. The highest BCUT2D eigenvalue weighted by atomic mass is 19.1. The Balaban J connectivity index is 0.00000231. The summed E-state index contributed by atoms with van der Waals surface area (Å²) in [6.07, 6.45) is 1.62. The fourth-order valence-corrected chi connectivity index (χ4v) is 3.96. The van der Waals surface area contributed by atoms with E-state index in [9.17, 15) is 4.39 Å². The van der Waals surface area contributed by atoms with Gasteiger partial charge in [0.1, 0.15) is 12.1 Å². The van der Waals surface area contributed by atoms with E-state index < -0.39 is 0 Å². The third kappa shape index (κ3) is 4.01. The Kier molecular flexibility index (Phi) is 5.10. The minimum Gasteiger partial charge on any atom is -0.378 e. The van der Waals surface area contributed by atoms with Crippen LogP contribution in [-0.4, -0.2) is 65.1 Å². The number of anilines is 3. The summed E-state index contributed by atoms with van der Waals surface area (Å²) < 4.78 is 20.1. The van der Waals surface area contributed by atoms with Crippen LogP contribution in [0.5, 0.6) is 0 Å². The maximum absolute atomic E-state index is 13.1. The van der Waals surface area contributed by atoms with Crippen LogP contribution in [0.25, 0.3) is 5.69 Å². The topological polar surface area (TPSA) is 58.5 Å². The molecule has 0 saturated carbocycles. The molecule has 2 saturated heterocycles. The number of rotatable bonds is 5. The van der Waals surface area contributed by atoms with Gasteiger partial charge in [0.25, 0.3) is 0 Å². The maximum Gasteiger partial charge on any atom is 0.246 e. The van der Waals surface area contributed by atoms with Gasteiger partial charge in [-0.2, -0.15) is 4.98 Å². The van der Waals surface area contributed by atoms with E-state index in [4.69, 9.17) is 4.74 Å². The third-order valence-electron chi connectivity index (χ3n) is 5.72. The van der Waals surface area contributed by atoms with E-state index in [2.05, 4.69) is 50.3 Å². The van der Waals surface area contributed by atoms with Crippen molar-refractivity contribution in [2.24, 2.45) is 0 Å². The zero-order valence-corrected chi connectivity index (χ0v) is 17.0. The Hall–Kier alpha value is -2.97. The molecule has 158 valence electrons. The summed E-state index contributed by atoms with van der Waals surface area (Å²) in [4.78, 5) is 9.30. The normalized spacial score (nSPS) is 17.7. The van der Waals surface area contributed by atoms with Gasteiger partial charge in [0, 0.05) is 39.0 Å². The van der Waals surface area contributed by atoms with Crippen molar-refractivity contribution in [3.05, 3.63) is 60.2 Å². The van der Waals surface area contributed by atoms with Crippen LogP contribution in [0.1, 0.15) is 6.99 Å². The van der Waals surface area contributed by atoms with E-state index in [0.29, 0.717) is 12.0 Å². The second-order valence-corrected chi connectivity index (χ2v) is 7.89. The predicted molar refractivity (Wildman–Crippen MR) is 116 cm³/mol. The molecule has 2 fully saturated rings. The summed E-state index contributed by atoms with van der Waals surface area (Å²) in [5.41, 5.74) is 4.11. The first-order valence-electron chi connectivity index (χ1n) is 10.3. The van der Waals surface area contributed by atoms with Crippen LogP contribution in [0.3, 0.4) is 0 Å². The Morgan fingerprint density at radius 3 is 2.50 bits per heavy atom. The first kappa shape index (κ1) is 19.0. The molecule has 0 aliphatic carbocycles. The highest BCUT2D eigenvalue weighted by Gasteiger charge is 2.29. The number of halogens is 1. The van der Waals surface area contributed by atoms with Gasteiger partial charge in [-0.3, -0.25) is 4.90 Å². The molecule has 2 aliphatic heterocycles. The average molecular weight is 410 g/mol. The molecule has 3 aromatic rings. The van der Waals surface area contributed by atoms with Crippen molar-refractivity contribution in [1.82, 2.24) is 19.7 Å². The molecule has 0 unspecified atom stereocenters. The smallest absolute Gasteiger partial charge is 0.246 e. The first-order chi connectivity index (χ1) is 14.6. The molecular formula is C22H27FN6O. The molecule has 8 heteroatoms. The number of hydrogen-bond acceptors (Lipinski definition) is 6. The fourth-order valence-electron chi connectivity index (χ4n) is 3.96. The third-order valence-corrected chi connectivity index (χ3v) is 5.72. The molecule has 7 nitrogen and oxygen atoms in total. The lowest BCUT2D eigenvalue weighted by molar-refractivity contribution is -0.0660. The molecule has 1 N–H and O–H groups in total. The van der Waals surface area contributed by atoms with Crippen molar-refractivity contribution in [3.63, 3.8) is 0 Å². The number of aryl methyl sites for hydroxylation is 1. The van der Waals surface area contributed by atoms with E-state index >= 15 is 0 Å². The van der Waals surface area contributed by atoms with Crippen molar-refractivity contribution in [2.45, 2.75) is 13.0 Å². The molecule has 30 heavy (non-hydrogen) atoms. The van der Waals surface area contributed by atoms with Crippen molar-refractivity contribution >= 4 is 17.3 Å². The molecule has 0 radical (unpaired) electrons. The number of ether oxygens (including phenoxy) is 1. The number of benzene rings is 2. The van der Waals surface area contributed by atoms with E-state index in [1.54, 1.807) is 23.1 Å². The van der Waals surface area contributed by atoms with Crippen LogP contribution >= 0.6 is 0 Å². The second-order valence-electron chi connectivity index (χ2n) is 7.89. The Labute approximate surface area is 176 Å². The van der Waals surface area contributed by atoms with E-state index in [1.165, 1.54) is 23.4 Å². The van der Waals surface area contributed by atoms with Crippen LogP contribution in [0.2, 0.25) is 0 Å². The van der Waals surface area contributed by atoms with Crippen LogP contribution in [0, 0.1) is 12.7 Å². The second kappa shape index (κ2) is 8.04. The Bertz CT molecular complexity index is 1020. The zero-order chi connectivity index (χ0) is 20.5. The molecule has 2 aromatic carbocycles. The monoisotopic (exact) mass is 410 g/mol. The van der Waals surface area contributed by atoms with Gasteiger partial charge < -0.3 is 15.0 Å². The molecule has 0 atom stereocenters. The van der Waals surface area contributed by atoms with Crippen molar-refractivity contribution in [2.75, 3.05) is 49.6 Å². The molecular weight excluding hydrogens is 383 g/mol. The Morgan fingerprint density at radius 2 is 1.80 bits per heavy atom. The SMILES string of the molecule is Cc1cc(Nc2ncn(-c3ccc(F)cc3)n2)cc(N2CCN(C3COC3)CC2)c1.[HH]. The van der Waals surface area contributed by atoms with Crippen molar-refractivity contribution in [1.29, 1.82) is 0 Å². The number of hydrogen-bond donors (Lipinski definition) is 1. The molecule has 5 rings (SSSR count). The van der Waals surface area contributed by atoms with E-state index in [1.807, 2.05) is 0 Å². The largest absolute Gasteiger partial charge is 0.378 e. The highest BCUT2D eigenvalue weighted by Crippen LogP contribution is 2.26. The van der Waals surface area contributed by atoms with Gasteiger partial charge in [-0.1, -0.05) is 0 Å². The Morgan fingerprint density at radius 1 is 1.03 bits per heavy atom. The van der Waals surface area contributed by atoms with E-state index in [-0.39, 0.29) is 7.24 Å². The summed E-state index contributed by atoms with van der Waals surface area (Å²) in [5.74, 6) is 0.233. The van der Waals surface area contributed by atoms with E-state index in [0.717, 1.165) is 50.8 Å². The van der Waals surface area contributed by atoms with Gasteiger partial charge in [-0.25, -0.2) is 9.07 Å². The van der Waals surface area contributed by atoms with Crippen LogP contribution in [-0.2, 0) is 4.74 Å². The highest BCUT2D eigenvalue weighted by molar-refractivity contribution is 5.64. The summed E-state index contributed by atoms with van der Waals surface area (Å²) >= 11 is 0. The molecule has 0 amide bonds. The number of piperazine rings is 1. The van der Waals surface area contributed by atoms with Gasteiger partial charge >= 0.3 is 0 Å². The summed E-state index contributed by atoms with van der Waals surface area (Å²) in [7, 11) is 0. The van der Waals surface area contributed by atoms with Crippen molar-refractivity contribution < 1.29 is 10.6 Å². The quantitative estimate of drug-likeness (QED) is 0.697. The molecule has 3 heterocycles. The number of aromatic nitrogens is 3. The lowest BCUT2D eigenvalue weighted by Gasteiger charge is -2.43. The molecule has 2 aliphatic rings. The fraction of sp³-hybridized carbons (Fsp3) is 0.364. The van der Waals surface area contributed by atoms with Gasteiger partial charge in [0.15, 0.2) is 0 Å². The molecule has 0 spiro atoms. The molecule has 0 bridgehead atoms. The predicted octanol–water partition coefficient (Wildman–Crippen LogP) is 3.23. The van der Waals surface area contributed by atoms with Gasteiger partial charge in [0.05, 0.1) is 24.9 Å². The van der Waals surface area contributed by atoms with Crippen LogP contribution in [0.15, 0.2) is 48.8 Å². The van der Waals surface area contributed by atoms with Crippen molar-refractivity contribution in [3.8, 4) is 5.69 Å². The van der Waals surface area contributed by atoms with Gasteiger partial charge in [0.2, 0.25) is 5.95 Å². The standard InChI is InChI=1S/C22H25FN6O.H2/c1-16-10-18(25-22-24-15-29(26-22)19-4-2-17(23)3-5-19)12-20(11-16)27-6-8-28(9-7-27)21-13-30-14-21;/h2-5,10-12,15,21H,6-9,13-14H2,1H3,(H,25,26);1H. The lowest BCUT2D eigenvalue weighted by atomic mass is 10.1. The van der Waals surface area contributed by atoms with Gasteiger partial charge in [-0.05, 0) is 55.0 Å². The number of nitrogens with zero attached hydrogens (tertiary/aromatic N) is 5. The summed E-state index contributed by atoms with van der Waals surface area (Å²) in [6, 6.07) is 13.2. The molecule has 1 aromatic heterocycles. The minimum atomic E-state index is -0.272. The first-order valence-corrected chi connectivity index (χ1v) is 10.3.